The first-order valence-electron chi connectivity index (χ1n) is 8.55. The Balaban J connectivity index is 1.93. The Morgan fingerprint density at radius 2 is 1.68 bits per heavy atom. The number of carbonyl (C=O) groups is 1. The first-order valence-corrected chi connectivity index (χ1v) is 10.1. The third-order valence-corrected chi connectivity index (χ3v) is 5.97. The van der Waals surface area contributed by atoms with Crippen LogP contribution >= 0.6 is 35.0 Å². The lowest BCUT2D eigenvalue weighted by molar-refractivity contribution is 0.0682. The second kappa shape index (κ2) is 7.92. The molecule has 1 heterocycles. The SMILES string of the molecule is O=C(O)c1c(Sc2ccccc2)c2cc(Cl)ccc2n1Cc1cccc(Cl)c1. The van der Waals surface area contributed by atoms with Gasteiger partial charge in [0, 0.05) is 26.9 Å². The first-order chi connectivity index (χ1) is 13.5. The van der Waals surface area contributed by atoms with Gasteiger partial charge in [-0.1, -0.05) is 65.3 Å². The highest BCUT2D eigenvalue weighted by atomic mass is 35.5. The van der Waals surface area contributed by atoms with Crippen molar-refractivity contribution < 1.29 is 9.90 Å². The number of halogens is 2. The predicted molar refractivity (Wildman–Crippen MR) is 115 cm³/mol. The van der Waals surface area contributed by atoms with E-state index in [0.29, 0.717) is 21.5 Å². The van der Waals surface area contributed by atoms with Crippen molar-refractivity contribution >= 4 is 51.8 Å². The summed E-state index contributed by atoms with van der Waals surface area (Å²) in [4.78, 5) is 13.9. The molecule has 0 aliphatic carbocycles. The molecule has 0 radical (unpaired) electrons. The van der Waals surface area contributed by atoms with Gasteiger partial charge in [-0.3, -0.25) is 0 Å². The van der Waals surface area contributed by atoms with Gasteiger partial charge in [0.15, 0.2) is 0 Å². The average molecular weight is 428 g/mol. The molecule has 0 atom stereocenters. The zero-order chi connectivity index (χ0) is 19.7. The van der Waals surface area contributed by atoms with Crippen LogP contribution in [-0.4, -0.2) is 15.6 Å². The number of nitrogens with zero attached hydrogens (tertiary/aromatic N) is 1. The van der Waals surface area contributed by atoms with Crippen LogP contribution in [0.3, 0.4) is 0 Å². The Labute approximate surface area is 176 Å². The number of aromatic carboxylic acids is 1. The molecule has 0 fully saturated rings. The van der Waals surface area contributed by atoms with E-state index in [9.17, 15) is 9.90 Å². The number of aromatic nitrogens is 1. The fraction of sp³-hybridized carbons (Fsp3) is 0.0455. The minimum absolute atomic E-state index is 0.242. The Morgan fingerprint density at radius 3 is 2.39 bits per heavy atom. The maximum Gasteiger partial charge on any atom is 0.353 e. The Hall–Kier alpha value is -2.40. The van der Waals surface area contributed by atoms with Crippen LogP contribution < -0.4 is 0 Å². The molecule has 0 saturated heterocycles. The number of carboxylic acid groups (broad SMARTS) is 1. The molecule has 0 amide bonds. The Kier molecular flexibility index (Phi) is 5.36. The van der Waals surface area contributed by atoms with E-state index in [-0.39, 0.29) is 5.69 Å². The fourth-order valence-corrected chi connectivity index (χ4v) is 4.68. The van der Waals surface area contributed by atoms with E-state index in [1.807, 2.05) is 65.2 Å². The second-order valence-electron chi connectivity index (χ2n) is 6.28. The number of rotatable bonds is 5. The maximum absolute atomic E-state index is 12.3. The molecular formula is C22H15Cl2NO2S. The van der Waals surface area contributed by atoms with E-state index >= 15 is 0 Å². The molecule has 0 aliphatic heterocycles. The molecular weight excluding hydrogens is 413 g/mol. The van der Waals surface area contributed by atoms with Crippen molar-refractivity contribution in [3.05, 3.63) is 94.1 Å². The van der Waals surface area contributed by atoms with E-state index in [1.54, 1.807) is 12.1 Å². The lowest BCUT2D eigenvalue weighted by atomic mass is 10.2. The lowest BCUT2D eigenvalue weighted by Gasteiger charge is -2.10. The van der Waals surface area contributed by atoms with E-state index in [0.717, 1.165) is 21.4 Å². The maximum atomic E-state index is 12.3. The molecule has 28 heavy (non-hydrogen) atoms. The number of hydrogen-bond donors (Lipinski definition) is 1. The zero-order valence-corrected chi connectivity index (χ0v) is 16.9. The standard InChI is InChI=1S/C22H15Cl2NO2S/c23-15-6-4-5-14(11-15)13-25-19-10-9-16(24)12-18(19)21(20(25)22(26)27)28-17-7-2-1-3-8-17/h1-12H,13H2,(H,26,27). The molecule has 6 heteroatoms. The van der Waals surface area contributed by atoms with Gasteiger partial charge in [0.25, 0.3) is 0 Å². The van der Waals surface area contributed by atoms with E-state index < -0.39 is 5.97 Å². The number of benzene rings is 3. The summed E-state index contributed by atoms with van der Waals surface area (Å²) < 4.78 is 1.81. The van der Waals surface area contributed by atoms with Crippen LogP contribution in [0.25, 0.3) is 10.9 Å². The molecule has 4 rings (SSSR count). The minimum Gasteiger partial charge on any atom is -0.477 e. The summed E-state index contributed by atoms with van der Waals surface area (Å²) >= 11 is 13.8. The minimum atomic E-state index is -0.979. The monoisotopic (exact) mass is 427 g/mol. The summed E-state index contributed by atoms with van der Waals surface area (Å²) in [7, 11) is 0. The normalized spacial score (nSPS) is 11.1. The summed E-state index contributed by atoms with van der Waals surface area (Å²) in [5.74, 6) is -0.979. The quantitative estimate of drug-likeness (QED) is 0.378. The van der Waals surface area contributed by atoms with Gasteiger partial charge >= 0.3 is 5.97 Å². The van der Waals surface area contributed by atoms with Gasteiger partial charge in [0.05, 0.1) is 10.4 Å². The molecule has 140 valence electrons. The van der Waals surface area contributed by atoms with Crippen LogP contribution in [0.4, 0.5) is 0 Å². The molecule has 0 spiro atoms. The highest BCUT2D eigenvalue weighted by Crippen LogP contribution is 2.40. The summed E-state index contributed by atoms with van der Waals surface area (Å²) in [6.45, 7) is 0.398. The van der Waals surface area contributed by atoms with Gasteiger partial charge in [-0.2, -0.15) is 0 Å². The summed E-state index contributed by atoms with van der Waals surface area (Å²) in [6.07, 6.45) is 0. The Morgan fingerprint density at radius 1 is 0.929 bits per heavy atom. The van der Waals surface area contributed by atoms with Gasteiger partial charge < -0.3 is 9.67 Å². The lowest BCUT2D eigenvalue weighted by Crippen LogP contribution is -2.10. The molecule has 0 unspecified atom stereocenters. The molecule has 3 nitrogen and oxygen atoms in total. The third-order valence-electron chi connectivity index (χ3n) is 4.37. The molecule has 4 aromatic rings. The van der Waals surface area contributed by atoms with Crippen molar-refractivity contribution in [1.29, 1.82) is 0 Å². The van der Waals surface area contributed by atoms with Crippen molar-refractivity contribution in [3.63, 3.8) is 0 Å². The van der Waals surface area contributed by atoms with Crippen LogP contribution in [0.2, 0.25) is 10.0 Å². The third kappa shape index (κ3) is 3.76. The van der Waals surface area contributed by atoms with Crippen LogP contribution in [0.1, 0.15) is 16.1 Å². The highest BCUT2D eigenvalue weighted by Gasteiger charge is 2.23. The highest BCUT2D eigenvalue weighted by molar-refractivity contribution is 7.99. The topological polar surface area (TPSA) is 42.2 Å². The van der Waals surface area contributed by atoms with Crippen molar-refractivity contribution in [3.8, 4) is 0 Å². The molecule has 0 bridgehead atoms. The van der Waals surface area contributed by atoms with Gasteiger partial charge in [-0.25, -0.2) is 4.79 Å². The second-order valence-corrected chi connectivity index (χ2v) is 8.23. The number of hydrogen-bond acceptors (Lipinski definition) is 2. The molecule has 3 aromatic carbocycles. The van der Waals surface area contributed by atoms with Crippen LogP contribution in [0.5, 0.6) is 0 Å². The average Bonchev–Trinajstić information content (AvgIpc) is 2.95. The first kappa shape index (κ1) is 18.9. The van der Waals surface area contributed by atoms with Crippen molar-refractivity contribution in [2.75, 3.05) is 0 Å². The van der Waals surface area contributed by atoms with Gasteiger partial charge in [0.2, 0.25) is 0 Å². The van der Waals surface area contributed by atoms with Gasteiger partial charge in [-0.05, 0) is 48.0 Å². The fourth-order valence-electron chi connectivity index (χ4n) is 3.20. The van der Waals surface area contributed by atoms with Gasteiger partial charge in [-0.15, -0.1) is 0 Å². The smallest absolute Gasteiger partial charge is 0.353 e. The summed E-state index contributed by atoms with van der Waals surface area (Å²) in [5.41, 5.74) is 1.99. The zero-order valence-electron chi connectivity index (χ0n) is 14.6. The molecule has 0 aliphatic rings. The largest absolute Gasteiger partial charge is 0.477 e. The van der Waals surface area contributed by atoms with E-state index in [1.165, 1.54) is 11.8 Å². The number of fused-ring (bicyclic) bond motifs is 1. The van der Waals surface area contributed by atoms with Crippen molar-refractivity contribution in [1.82, 2.24) is 4.57 Å². The van der Waals surface area contributed by atoms with Crippen molar-refractivity contribution in [2.24, 2.45) is 0 Å². The van der Waals surface area contributed by atoms with Gasteiger partial charge in [0.1, 0.15) is 5.69 Å². The number of carboxylic acids is 1. The van der Waals surface area contributed by atoms with Crippen LogP contribution in [0.15, 0.2) is 82.6 Å². The Bertz CT molecular complexity index is 1170. The summed E-state index contributed by atoms with van der Waals surface area (Å²) in [6, 6.07) is 22.6. The van der Waals surface area contributed by atoms with E-state index in [4.69, 9.17) is 23.2 Å². The van der Waals surface area contributed by atoms with Crippen molar-refractivity contribution in [2.45, 2.75) is 16.3 Å². The molecule has 1 aromatic heterocycles. The van der Waals surface area contributed by atoms with Crippen LogP contribution in [-0.2, 0) is 6.54 Å². The molecule has 1 N–H and O–H groups in total. The van der Waals surface area contributed by atoms with Crippen LogP contribution in [0, 0.1) is 0 Å². The molecule has 0 saturated carbocycles. The predicted octanol–water partition coefficient (Wildman–Crippen LogP) is 6.85. The summed E-state index contributed by atoms with van der Waals surface area (Å²) in [5, 5.41) is 12.0. The van der Waals surface area contributed by atoms with E-state index in [2.05, 4.69) is 0 Å².